The van der Waals surface area contributed by atoms with Gasteiger partial charge in [0.2, 0.25) is 0 Å². The molecule has 0 aliphatic carbocycles. The highest BCUT2D eigenvalue weighted by Gasteiger charge is 2.27. The van der Waals surface area contributed by atoms with Crippen molar-refractivity contribution in [3.8, 4) is 17.0 Å². The van der Waals surface area contributed by atoms with Crippen LogP contribution in [0.4, 0.5) is 4.79 Å². The van der Waals surface area contributed by atoms with E-state index in [0.29, 0.717) is 51.9 Å². The number of nitrogens with zero attached hydrogens (tertiary/aromatic N) is 4. The van der Waals surface area contributed by atoms with Crippen LogP contribution in [-0.4, -0.2) is 72.1 Å². The highest BCUT2D eigenvalue weighted by molar-refractivity contribution is 5.74. The number of carbonyl (C=O) groups is 1. The molecule has 0 bridgehead atoms. The van der Waals surface area contributed by atoms with E-state index in [9.17, 15) is 9.59 Å². The average molecular weight is 412 g/mol. The van der Waals surface area contributed by atoms with E-state index in [2.05, 4.69) is 5.10 Å². The van der Waals surface area contributed by atoms with Crippen LogP contribution in [0, 0.1) is 5.92 Å². The molecule has 2 aliphatic rings. The van der Waals surface area contributed by atoms with Crippen LogP contribution in [0.15, 0.2) is 41.2 Å². The van der Waals surface area contributed by atoms with Crippen LogP contribution in [0.2, 0.25) is 0 Å². The number of hydrogen-bond donors (Lipinski definition) is 0. The Morgan fingerprint density at radius 3 is 2.37 bits per heavy atom. The number of carbonyl (C=O) groups excluding carboxylic acids is 1. The van der Waals surface area contributed by atoms with E-state index in [1.807, 2.05) is 34.1 Å². The molecule has 30 heavy (non-hydrogen) atoms. The predicted molar refractivity (Wildman–Crippen MR) is 113 cm³/mol. The number of urea groups is 1. The fourth-order valence-corrected chi connectivity index (χ4v) is 4.00. The minimum absolute atomic E-state index is 0.0981. The van der Waals surface area contributed by atoms with Crippen molar-refractivity contribution >= 4 is 6.03 Å². The summed E-state index contributed by atoms with van der Waals surface area (Å²) in [6.07, 6.45) is 1.74. The van der Waals surface area contributed by atoms with Gasteiger partial charge in [0.25, 0.3) is 5.56 Å². The van der Waals surface area contributed by atoms with Gasteiger partial charge in [0.15, 0.2) is 0 Å². The Bertz CT molecular complexity index is 913. The van der Waals surface area contributed by atoms with Crippen LogP contribution in [0.25, 0.3) is 11.3 Å². The predicted octanol–water partition coefficient (Wildman–Crippen LogP) is 2.08. The average Bonchev–Trinajstić information content (AvgIpc) is 2.81. The van der Waals surface area contributed by atoms with E-state index in [4.69, 9.17) is 9.47 Å². The van der Waals surface area contributed by atoms with E-state index in [0.717, 1.165) is 29.8 Å². The number of ether oxygens (including phenoxy) is 2. The number of benzene rings is 1. The van der Waals surface area contributed by atoms with Gasteiger partial charge in [0.05, 0.1) is 26.0 Å². The SMILES string of the molecule is COc1ccc(-c2ccc(=O)n(CC3CCN(C(=O)N4CCOCC4)CC3)n2)cc1. The summed E-state index contributed by atoms with van der Waals surface area (Å²) in [5.74, 6) is 1.11. The Balaban J connectivity index is 1.37. The fourth-order valence-electron chi connectivity index (χ4n) is 4.00. The molecule has 4 rings (SSSR count). The number of hydrogen-bond acceptors (Lipinski definition) is 5. The smallest absolute Gasteiger partial charge is 0.320 e. The molecule has 2 amide bonds. The monoisotopic (exact) mass is 412 g/mol. The molecule has 8 nitrogen and oxygen atoms in total. The highest BCUT2D eigenvalue weighted by Crippen LogP contribution is 2.22. The van der Waals surface area contributed by atoms with Crippen LogP contribution >= 0.6 is 0 Å². The van der Waals surface area contributed by atoms with E-state index < -0.39 is 0 Å². The molecule has 2 saturated heterocycles. The highest BCUT2D eigenvalue weighted by atomic mass is 16.5. The normalized spacial score (nSPS) is 17.8. The minimum atomic E-state index is -0.0981. The molecule has 2 aromatic rings. The number of amides is 2. The number of piperidine rings is 1. The molecule has 2 aliphatic heterocycles. The Hall–Kier alpha value is -2.87. The van der Waals surface area contributed by atoms with Crippen molar-refractivity contribution in [2.24, 2.45) is 5.92 Å². The standard InChI is InChI=1S/C22H28N4O4/c1-29-19-4-2-18(3-5-19)20-6-7-21(27)26(23-20)16-17-8-10-24(11-9-17)22(28)25-12-14-30-15-13-25/h2-7,17H,8-16H2,1H3. The lowest BCUT2D eigenvalue weighted by Gasteiger charge is -2.37. The summed E-state index contributed by atoms with van der Waals surface area (Å²) in [5.41, 5.74) is 1.60. The van der Waals surface area contributed by atoms with Crippen molar-refractivity contribution in [1.29, 1.82) is 0 Å². The van der Waals surface area contributed by atoms with Crippen molar-refractivity contribution in [3.63, 3.8) is 0 Å². The summed E-state index contributed by atoms with van der Waals surface area (Å²) in [6, 6.07) is 11.1. The van der Waals surface area contributed by atoms with Gasteiger partial charge in [-0.15, -0.1) is 0 Å². The third-order valence-electron chi connectivity index (χ3n) is 5.85. The van der Waals surface area contributed by atoms with E-state index in [1.165, 1.54) is 0 Å². The molecular formula is C22H28N4O4. The van der Waals surface area contributed by atoms with Crippen LogP contribution < -0.4 is 10.3 Å². The minimum Gasteiger partial charge on any atom is -0.497 e. The molecule has 0 spiro atoms. The Kier molecular flexibility index (Phi) is 6.32. The van der Waals surface area contributed by atoms with Crippen molar-refractivity contribution < 1.29 is 14.3 Å². The summed E-state index contributed by atoms with van der Waals surface area (Å²) in [4.78, 5) is 28.8. The van der Waals surface area contributed by atoms with Crippen LogP contribution in [0.3, 0.4) is 0 Å². The van der Waals surface area contributed by atoms with Crippen LogP contribution in [0.5, 0.6) is 5.75 Å². The molecule has 8 heteroatoms. The number of methoxy groups -OCH3 is 1. The summed E-state index contributed by atoms with van der Waals surface area (Å²) in [7, 11) is 1.63. The lowest BCUT2D eigenvalue weighted by atomic mass is 9.97. The second-order valence-corrected chi connectivity index (χ2v) is 7.78. The zero-order valence-corrected chi connectivity index (χ0v) is 17.3. The molecule has 3 heterocycles. The molecule has 0 radical (unpaired) electrons. The number of morpholine rings is 1. The molecule has 2 fully saturated rings. The van der Waals surface area contributed by atoms with Gasteiger partial charge in [-0.25, -0.2) is 9.48 Å². The van der Waals surface area contributed by atoms with Gasteiger partial charge in [-0.2, -0.15) is 5.10 Å². The first-order valence-corrected chi connectivity index (χ1v) is 10.5. The van der Waals surface area contributed by atoms with E-state index in [1.54, 1.807) is 23.9 Å². The van der Waals surface area contributed by atoms with Gasteiger partial charge in [-0.3, -0.25) is 4.79 Å². The topological polar surface area (TPSA) is 76.9 Å². The van der Waals surface area contributed by atoms with Crippen molar-refractivity contribution in [2.45, 2.75) is 19.4 Å². The summed E-state index contributed by atoms with van der Waals surface area (Å²) < 4.78 is 12.1. The van der Waals surface area contributed by atoms with Crippen LogP contribution in [0.1, 0.15) is 12.8 Å². The van der Waals surface area contributed by atoms with E-state index >= 15 is 0 Å². The molecule has 1 aromatic carbocycles. The van der Waals surface area contributed by atoms with Gasteiger partial charge in [-0.1, -0.05) is 0 Å². The first-order chi connectivity index (χ1) is 14.6. The molecule has 0 atom stereocenters. The van der Waals surface area contributed by atoms with Gasteiger partial charge in [-0.05, 0) is 49.1 Å². The van der Waals surface area contributed by atoms with Crippen LogP contribution in [-0.2, 0) is 11.3 Å². The Morgan fingerprint density at radius 1 is 1.03 bits per heavy atom. The van der Waals surface area contributed by atoms with Gasteiger partial charge in [0, 0.05) is 44.4 Å². The largest absolute Gasteiger partial charge is 0.497 e. The Labute approximate surface area is 176 Å². The van der Waals surface area contributed by atoms with Crippen molar-refractivity contribution in [1.82, 2.24) is 19.6 Å². The van der Waals surface area contributed by atoms with E-state index in [-0.39, 0.29) is 11.6 Å². The number of likely N-dealkylation sites (tertiary alicyclic amines) is 1. The molecule has 0 saturated carbocycles. The third kappa shape index (κ3) is 4.64. The maximum Gasteiger partial charge on any atom is 0.320 e. The fraction of sp³-hybridized carbons (Fsp3) is 0.500. The van der Waals surface area contributed by atoms with Crippen molar-refractivity contribution in [3.05, 3.63) is 46.8 Å². The van der Waals surface area contributed by atoms with Gasteiger partial charge < -0.3 is 19.3 Å². The molecule has 1 aromatic heterocycles. The summed E-state index contributed by atoms with van der Waals surface area (Å²) in [5, 5.41) is 4.58. The van der Waals surface area contributed by atoms with Gasteiger partial charge >= 0.3 is 6.03 Å². The first kappa shape index (κ1) is 20.4. The summed E-state index contributed by atoms with van der Waals surface area (Å²) >= 11 is 0. The Morgan fingerprint density at radius 2 is 1.70 bits per heavy atom. The first-order valence-electron chi connectivity index (χ1n) is 10.5. The van der Waals surface area contributed by atoms with Gasteiger partial charge in [0.1, 0.15) is 5.75 Å². The summed E-state index contributed by atoms with van der Waals surface area (Å²) in [6.45, 7) is 4.55. The molecular weight excluding hydrogens is 384 g/mol. The number of aromatic nitrogens is 2. The third-order valence-corrected chi connectivity index (χ3v) is 5.85. The number of rotatable bonds is 4. The lowest BCUT2D eigenvalue weighted by Crippen LogP contribution is -2.50. The quantitative estimate of drug-likeness (QED) is 0.769. The maximum atomic E-state index is 12.6. The second kappa shape index (κ2) is 9.30. The zero-order chi connectivity index (χ0) is 20.9. The van der Waals surface area contributed by atoms with Crippen molar-refractivity contribution in [2.75, 3.05) is 46.5 Å². The molecule has 0 unspecified atom stereocenters. The molecule has 0 N–H and O–H groups in total. The second-order valence-electron chi connectivity index (χ2n) is 7.78. The molecule has 160 valence electrons. The zero-order valence-electron chi connectivity index (χ0n) is 17.3. The maximum absolute atomic E-state index is 12.6. The lowest BCUT2D eigenvalue weighted by molar-refractivity contribution is 0.0396.